The molecule has 7 heteroatoms. The zero-order valence-corrected chi connectivity index (χ0v) is 21.5. The molecule has 2 aliphatic rings. The molecule has 0 bridgehead atoms. The predicted molar refractivity (Wildman–Crippen MR) is 134 cm³/mol. The Morgan fingerprint density at radius 2 is 1.97 bits per heavy atom. The molecule has 0 spiro atoms. The Kier molecular flexibility index (Phi) is 10.4. The van der Waals surface area contributed by atoms with Crippen molar-refractivity contribution in [3.8, 4) is 5.75 Å². The Morgan fingerprint density at radius 3 is 2.69 bits per heavy atom. The van der Waals surface area contributed by atoms with Crippen LogP contribution in [0.15, 0.2) is 18.2 Å². The number of ether oxygens (including phenoxy) is 2. The lowest BCUT2D eigenvalue weighted by Crippen LogP contribution is -2.36. The molecule has 7 nitrogen and oxygen atoms in total. The van der Waals surface area contributed by atoms with Gasteiger partial charge in [0.2, 0.25) is 0 Å². The summed E-state index contributed by atoms with van der Waals surface area (Å²) in [6, 6.07) is 5.92. The van der Waals surface area contributed by atoms with E-state index in [0.717, 1.165) is 63.4 Å². The lowest BCUT2D eigenvalue weighted by Gasteiger charge is -2.32. The van der Waals surface area contributed by atoms with Crippen molar-refractivity contribution in [3.05, 3.63) is 29.3 Å². The second-order valence-electron chi connectivity index (χ2n) is 10.2. The summed E-state index contributed by atoms with van der Waals surface area (Å²) >= 11 is 0. The molecule has 196 valence electrons. The summed E-state index contributed by atoms with van der Waals surface area (Å²) in [5, 5.41) is 23.7. The van der Waals surface area contributed by atoms with E-state index in [4.69, 9.17) is 9.47 Å². The fraction of sp³-hybridized carbons (Fsp3) is 0.714. The molecule has 1 fully saturated rings. The maximum absolute atomic E-state index is 12.3. The monoisotopic (exact) mass is 489 g/mol. The Bertz CT molecular complexity index is 843. The number of rotatable bonds is 13. The van der Waals surface area contributed by atoms with Gasteiger partial charge < -0.3 is 25.0 Å². The van der Waals surface area contributed by atoms with E-state index in [-0.39, 0.29) is 30.6 Å². The van der Waals surface area contributed by atoms with E-state index in [1.54, 1.807) is 6.92 Å². The van der Waals surface area contributed by atoms with Crippen LogP contribution in [0.2, 0.25) is 0 Å². The van der Waals surface area contributed by atoms with Crippen LogP contribution in [0, 0.1) is 17.8 Å². The standard InChI is InChI=1S/C28H43NO6/c1-4-6-7-10-20(30)12-13-21-22-14-18-9-8-11-26(23(18)15-19(22)16-24(21)31)34-17-27(32)35-25(5-2)28(33)29-3/h8-9,11,19-22,24-25,30-31H,4-7,10,12-17H2,1-3H3,(H,29,33). The molecule has 0 aliphatic heterocycles. The van der Waals surface area contributed by atoms with Crippen molar-refractivity contribution in [3.63, 3.8) is 0 Å². The third-order valence-corrected chi connectivity index (χ3v) is 7.85. The van der Waals surface area contributed by atoms with Crippen LogP contribution in [0.4, 0.5) is 0 Å². The van der Waals surface area contributed by atoms with Crippen molar-refractivity contribution in [2.75, 3.05) is 13.7 Å². The summed E-state index contributed by atoms with van der Waals surface area (Å²) in [4.78, 5) is 24.1. The molecule has 1 aromatic carbocycles. The number of esters is 1. The van der Waals surface area contributed by atoms with Crippen molar-refractivity contribution < 1.29 is 29.3 Å². The highest BCUT2D eigenvalue weighted by Crippen LogP contribution is 2.48. The molecule has 35 heavy (non-hydrogen) atoms. The number of fused-ring (bicyclic) bond motifs is 2. The van der Waals surface area contributed by atoms with Crippen molar-refractivity contribution >= 4 is 11.9 Å². The molecule has 1 saturated carbocycles. The van der Waals surface area contributed by atoms with Crippen molar-refractivity contribution in [1.29, 1.82) is 0 Å². The van der Waals surface area contributed by atoms with Crippen molar-refractivity contribution in [1.82, 2.24) is 5.32 Å². The summed E-state index contributed by atoms with van der Waals surface area (Å²) in [6.45, 7) is 3.70. The van der Waals surface area contributed by atoms with Crippen LogP contribution in [0.3, 0.4) is 0 Å². The number of carbonyl (C=O) groups is 2. The molecule has 0 radical (unpaired) electrons. The number of nitrogens with one attached hydrogen (secondary N) is 1. The molecule has 3 rings (SSSR count). The van der Waals surface area contributed by atoms with E-state index in [2.05, 4.69) is 18.3 Å². The lowest BCUT2D eigenvalue weighted by atomic mass is 9.73. The van der Waals surface area contributed by atoms with Gasteiger partial charge in [-0.15, -0.1) is 0 Å². The normalized spacial score (nSPS) is 24.7. The number of unbranched alkanes of at least 4 members (excludes halogenated alkanes) is 2. The van der Waals surface area contributed by atoms with E-state index in [0.29, 0.717) is 24.0 Å². The Balaban J connectivity index is 1.58. The van der Waals surface area contributed by atoms with E-state index < -0.39 is 12.1 Å². The first-order chi connectivity index (χ1) is 16.9. The van der Waals surface area contributed by atoms with Gasteiger partial charge in [-0.1, -0.05) is 45.2 Å². The zero-order valence-electron chi connectivity index (χ0n) is 21.5. The van der Waals surface area contributed by atoms with Gasteiger partial charge in [-0.3, -0.25) is 4.79 Å². The van der Waals surface area contributed by atoms with Gasteiger partial charge >= 0.3 is 5.97 Å². The molecule has 0 saturated heterocycles. The summed E-state index contributed by atoms with van der Waals surface area (Å²) in [5.41, 5.74) is 2.31. The number of hydrogen-bond acceptors (Lipinski definition) is 6. The Labute approximate surface area is 209 Å². The van der Waals surface area contributed by atoms with Gasteiger partial charge in [-0.25, -0.2) is 4.79 Å². The third kappa shape index (κ3) is 7.20. The Hall–Kier alpha value is -2.12. The zero-order chi connectivity index (χ0) is 25.4. The first-order valence-corrected chi connectivity index (χ1v) is 13.4. The summed E-state index contributed by atoms with van der Waals surface area (Å²) < 4.78 is 11.1. The van der Waals surface area contributed by atoms with Crippen LogP contribution in [-0.4, -0.2) is 54.1 Å². The van der Waals surface area contributed by atoms with Crippen LogP contribution in [-0.2, 0) is 27.2 Å². The SMILES string of the molecule is CCCCCC(O)CCC1C(O)CC2Cc3c(cccc3OCC(=O)OC(CC)C(=O)NC)CC21. The molecule has 1 amide bonds. The minimum atomic E-state index is -0.816. The number of amides is 1. The van der Waals surface area contributed by atoms with E-state index in [1.165, 1.54) is 12.6 Å². The third-order valence-electron chi connectivity index (χ3n) is 7.85. The highest BCUT2D eigenvalue weighted by Gasteiger charge is 2.44. The van der Waals surface area contributed by atoms with Gasteiger partial charge in [-0.2, -0.15) is 0 Å². The van der Waals surface area contributed by atoms with Crippen LogP contribution in [0.25, 0.3) is 0 Å². The summed E-state index contributed by atoms with van der Waals surface area (Å²) in [6.07, 6.45) is 7.25. The van der Waals surface area contributed by atoms with Crippen molar-refractivity contribution in [2.24, 2.45) is 17.8 Å². The summed E-state index contributed by atoms with van der Waals surface area (Å²) in [5.74, 6) is 0.763. The molecular weight excluding hydrogens is 446 g/mol. The maximum atomic E-state index is 12.3. The molecule has 6 unspecified atom stereocenters. The minimum absolute atomic E-state index is 0.212. The average molecular weight is 490 g/mol. The second-order valence-corrected chi connectivity index (χ2v) is 10.2. The first-order valence-electron chi connectivity index (χ1n) is 13.4. The minimum Gasteiger partial charge on any atom is -0.482 e. The topological polar surface area (TPSA) is 105 Å². The van der Waals surface area contributed by atoms with Gasteiger partial charge in [0.25, 0.3) is 5.91 Å². The van der Waals surface area contributed by atoms with Crippen LogP contribution in [0.5, 0.6) is 5.75 Å². The van der Waals surface area contributed by atoms with Crippen LogP contribution < -0.4 is 10.1 Å². The largest absolute Gasteiger partial charge is 0.482 e. The number of hydrogen-bond donors (Lipinski definition) is 3. The van der Waals surface area contributed by atoms with Gasteiger partial charge in [0.1, 0.15) is 5.75 Å². The van der Waals surface area contributed by atoms with Gasteiger partial charge in [0, 0.05) is 7.05 Å². The molecule has 0 heterocycles. The number of aliphatic hydroxyl groups is 2. The van der Waals surface area contributed by atoms with Crippen molar-refractivity contribution in [2.45, 2.75) is 96.4 Å². The quantitative estimate of drug-likeness (QED) is 0.289. The number of likely N-dealkylation sites (N-methyl/N-ethyl adjacent to an activating group) is 1. The van der Waals surface area contributed by atoms with Gasteiger partial charge in [0.05, 0.1) is 12.2 Å². The number of aliphatic hydroxyl groups excluding tert-OH is 2. The van der Waals surface area contributed by atoms with E-state index in [1.807, 2.05) is 12.1 Å². The smallest absolute Gasteiger partial charge is 0.344 e. The van der Waals surface area contributed by atoms with Crippen LogP contribution in [0.1, 0.15) is 76.3 Å². The fourth-order valence-electron chi connectivity index (χ4n) is 5.91. The molecule has 1 aromatic rings. The molecule has 6 atom stereocenters. The number of benzene rings is 1. The molecule has 2 aliphatic carbocycles. The second kappa shape index (κ2) is 13.3. The first kappa shape index (κ1) is 27.5. The average Bonchev–Trinajstić information content (AvgIpc) is 3.16. The molecule has 3 N–H and O–H groups in total. The molecule has 0 aromatic heterocycles. The number of carbonyl (C=O) groups excluding carboxylic acids is 2. The van der Waals surface area contributed by atoms with Gasteiger partial charge in [0.15, 0.2) is 12.7 Å². The highest BCUT2D eigenvalue weighted by atomic mass is 16.6. The van der Waals surface area contributed by atoms with E-state index >= 15 is 0 Å². The fourth-order valence-corrected chi connectivity index (χ4v) is 5.91. The highest BCUT2D eigenvalue weighted by molar-refractivity contribution is 5.83. The maximum Gasteiger partial charge on any atom is 0.344 e. The van der Waals surface area contributed by atoms with Crippen LogP contribution >= 0.6 is 0 Å². The predicted octanol–water partition coefficient (Wildman–Crippen LogP) is 3.57. The molecular formula is C28H43NO6. The van der Waals surface area contributed by atoms with E-state index in [9.17, 15) is 19.8 Å². The summed E-state index contributed by atoms with van der Waals surface area (Å²) in [7, 11) is 1.51. The Morgan fingerprint density at radius 1 is 1.17 bits per heavy atom. The van der Waals surface area contributed by atoms with Gasteiger partial charge in [-0.05, 0) is 79.9 Å². The lowest BCUT2D eigenvalue weighted by molar-refractivity contribution is -0.157.